The summed E-state index contributed by atoms with van der Waals surface area (Å²) in [7, 11) is -2.29. The molecule has 5 nitrogen and oxygen atoms in total. The molecule has 0 saturated heterocycles. The first-order valence-corrected chi connectivity index (χ1v) is 6.42. The van der Waals surface area contributed by atoms with Gasteiger partial charge in [0.05, 0.1) is 5.69 Å². The van der Waals surface area contributed by atoms with Crippen molar-refractivity contribution in [3.63, 3.8) is 0 Å². The van der Waals surface area contributed by atoms with E-state index in [1.165, 1.54) is 13.1 Å². The lowest BCUT2D eigenvalue weighted by molar-refractivity contribution is 0.414. The minimum Gasteiger partial charge on any atom is -0.505 e. The van der Waals surface area contributed by atoms with Gasteiger partial charge >= 0.3 is 10.2 Å². The van der Waals surface area contributed by atoms with Crippen molar-refractivity contribution >= 4 is 15.9 Å². The summed E-state index contributed by atoms with van der Waals surface area (Å²) in [4.78, 5) is 0. The van der Waals surface area contributed by atoms with Crippen molar-refractivity contribution in [2.45, 2.75) is 19.9 Å². The molecule has 0 atom stereocenters. The molecule has 1 aromatic carbocycles. The van der Waals surface area contributed by atoms with Gasteiger partial charge in [-0.2, -0.15) is 12.7 Å². The second-order valence-electron chi connectivity index (χ2n) is 3.88. The van der Waals surface area contributed by atoms with Crippen LogP contribution in [-0.2, 0) is 10.2 Å². The van der Waals surface area contributed by atoms with Crippen molar-refractivity contribution in [3.8, 4) is 5.75 Å². The molecule has 1 aromatic rings. The van der Waals surface area contributed by atoms with Gasteiger partial charge in [0.15, 0.2) is 11.6 Å². The summed E-state index contributed by atoms with van der Waals surface area (Å²) in [5.74, 6) is -1.40. The maximum Gasteiger partial charge on any atom is 0.301 e. The molecule has 0 saturated carbocycles. The Morgan fingerprint density at radius 2 is 2.00 bits per heavy atom. The molecule has 7 heteroatoms. The third-order valence-corrected chi connectivity index (χ3v) is 3.97. The Bertz CT molecular complexity index is 502. The average molecular weight is 262 g/mol. The fourth-order valence-electron chi connectivity index (χ4n) is 1.07. The van der Waals surface area contributed by atoms with Gasteiger partial charge in [-0.1, -0.05) is 0 Å². The number of hydrogen-bond acceptors (Lipinski definition) is 3. The summed E-state index contributed by atoms with van der Waals surface area (Å²) in [5.41, 5.74) is 0.0628. The first kappa shape index (κ1) is 13.7. The number of benzene rings is 1. The van der Waals surface area contributed by atoms with Crippen LogP contribution in [0.1, 0.15) is 13.8 Å². The highest BCUT2D eigenvalue weighted by Crippen LogP contribution is 2.20. The van der Waals surface area contributed by atoms with Crippen LogP contribution in [0.15, 0.2) is 18.2 Å². The van der Waals surface area contributed by atoms with Gasteiger partial charge in [0.25, 0.3) is 0 Å². The van der Waals surface area contributed by atoms with Gasteiger partial charge in [0, 0.05) is 19.2 Å². The second-order valence-corrected chi connectivity index (χ2v) is 5.61. The number of hydrogen-bond donors (Lipinski definition) is 2. The van der Waals surface area contributed by atoms with Gasteiger partial charge in [-0.05, 0) is 26.0 Å². The van der Waals surface area contributed by atoms with Crippen molar-refractivity contribution in [3.05, 3.63) is 24.0 Å². The number of aromatic hydroxyl groups is 1. The van der Waals surface area contributed by atoms with Gasteiger partial charge in [0.1, 0.15) is 0 Å². The zero-order valence-corrected chi connectivity index (χ0v) is 10.6. The van der Waals surface area contributed by atoms with Crippen molar-refractivity contribution in [1.29, 1.82) is 0 Å². The molecular weight excluding hydrogens is 247 g/mol. The van der Waals surface area contributed by atoms with E-state index in [0.29, 0.717) is 0 Å². The van der Waals surface area contributed by atoms with E-state index in [1.807, 2.05) is 0 Å². The Hall–Kier alpha value is -1.34. The van der Waals surface area contributed by atoms with E-state index in [-0.39, 0.29) is 11.7 Å². The van der Waals surface area contributed by atoms with Gasteiger partial charge in [-0.3, -0.25) is 4.72 Å². The second kappa shape index (κ2) is 4.89. The largest absolute Gasteiger partial charge is 0.505 e. The molecule has 96 valence electrons. The molecule has 2 N–H and O–H groups in total. The Kier molecular flexibility index (Phi) is 3.94. The predicted molar refractivity (Wildman–Crippen MR) is 63.5 cm³/mol. The van der Waals surface area contributed by atoms with Crippen LogP contribution in [0.5, 0.6) is 5.75 Å². The van der Waals surface area contributed by atoms with Gasteiger partial charge < -0.3 is 5.11 Å². The summed E-state index contributed by atoms with van der Waals surface area (Å²) in [6.07, 6.45) is 0. The van der Waals surface area contributed by atoms with Crippen molar-refractivity contribution in [2.24, 2.45) is 0 Å². The number of nitrogens with one attached hydrogen (secondary N) is 1. The van der Waals surface area contributed by atoms with Crippen LogP contribution < -0.4 is 4.72 Å². The third-order valence-electron chi connectivity index (χ3n) is 2.30. The number of rotatable bonds is 4. The van der Waals surface area contributed by atoms with E-state index in [2.05, 4.69) is 4.72 Å². The molecule has 0 spiro atoms. The molecule has 0 amide bonds. The zero-order valence-electron chi connectivity index (χ0n) is 9.81. The summed E-state index contributed by atoms with van der Waals surface area (Å²) in [5, 5.41) is 8.98. The maximum atomic E-state index is 13.0. The van der Waals surface area contributed by atoms with Crippen LogP contribution in [0, 0.1) is 5.82 Å². The molecule has 0 heterocycles. The number of anilines is 1. The lowest BCUT2D eigenvalue weighted by Gasteiger charge is -2.21. The highest BCUT2D eigenvalue weighted by molar-refractivity contribution is 7.90. The van der Waals surface area contributed by atoms with Crippen molar-refractivity contribution in [2.75, 3.05) is 11.8 Å². The van der Waals surface area contributed by atoms with Crippen LogP contribution in [0.3, 0.4) is 0 Å². The normalized spacial score (nSPS) is 12.1. The number of halogens is 1. The molecule has 0 aromatic heterocycles. The summed E-state index contributed by atoms with van der Waals surface area (Å²) < 4.78 is 39.9. The molecule has 0 aliphatic heterocycles. The fraction of sp³-hybridized carbons (Fsp3) is 0.400. The third kappa shape index (κ3) is 3.31. The average Bonchev–Trinajstić information content (AvgIpc) is 2.22. The smallest absolute Gasteiger partial charge is 0.301 e. The Morgan fingerprint density at radius 3 is 2.47 bits per heavy atom. The Labute approximate surface area is 100 Å². The highest BCUT2D eigenvalue weighted by Gasteiger charge is 2.20. The van der Waals surface area contributed by atoms with Gasteiger partial charge in [0.2, 0.25) is 0 Å². The standard InChI is InChI=1S/C10H15FN2O3S/c1-7(2)13(3)17(15,16)12-8-4-5-10(14)9(11)6-8/h4-7,12,14H,1-3H3. The Balaban J connectivity index is 2.94. The minimum atomic E-state index is -3.71. The SMILES string of the molecule is CC(C)N(C)S(=O)(=O)Nc1ccc(O)c(F)c1. The molecule has 0 aliphatic rings. The first-order valence-electron chi connectivity index (χ1n) is 4.98. The topological polar surface area (TPSA) is 69.6 Å². The number of nitrogens with zero attached hydrogens (tertiary/aromatic N) is 1. The van der Waals surface area contributed by atoms with Crippen LogP contribution in [0.4, 0.5) is 10.1 Å². The monoisotopic (exact) mass is 262 g/mol. The van der Waals surface area contributed by atoms with Crippen LogP contribution in [0.2, 0.25) is 0 Å². The van der Waals surface area contributed by atoms with E-state index >= 15 is 0 Å². The lowest BCUT2D eigenvalue weighted by Crippen LogP contribution is -2.37. The number of phenolic OH excluding ortho intramolecular Hbond substituents is 1. The molecule has 0 unspecified atom stereocenters. The van der Waals surface area contributed by atoms with Crippen LogP contribution in [0.25, 0.3) is 0 Å². The van der Waals surface area contributed by atoms with E-state index in [9.17, 15) is 12.8 Å². The predicted octanol–water partition coefficient (Wildman–Crippen LogP) is 1.53. The molecule has 0 bridgehead atoms. The first-order chi connectivity index (χ1) is 7.74. The minimum absolute atomic E-state index is 0.0628. The lowest BCUT2D eigenvalue weighted by atomic mass is 10.3. The van der Waals surface area contributed by atoms with Gasteiger partial charge in [-0.15, -0.1) is 0 Å². The Morgan fingerprint density at radius 1 is 1.41 bits per heavy atom. The molecule has 17 heavy (non-hydrogen) atoms. The summed E-state index contributed by atoms with van der Waals surface area (Å²) in [6, 6.07) is 3.07. The molecule has 1 rings (SSSR count). The van der Waals surface area contributed by atoms with E-state index in [1.54, 1.807) is 13.8 Å². The molecular formula is C10H15FN2O3S. The summed E-state index contributed by atoms with van der Waals surface area (Å²) in [6.45, 7) is 3.44. The summed E-state index contributed by atoms with van der Waals surface area (Å²) >= 11 is 0. The zero-order chi connectivity index (χ0) is 13.2. The van der Waals surface area contributed by atoms with E-state index < -0.39 is 21.8 Å². The highest BCUT2D eigenvalue weighted by atomic mass is 32.2. The molecule has 0 radical (unpaired) electrons. The maximum absolute atomic E-state index is 13.0. The molecule has 0 fully saturated rings. The number of phenols is 1. The van der Waals surface area contributed by atoms with Crippen molar-refractivity contribution in [1.82, 2.24) is 4.31 Å². The van der Waals surface area contributed by atoms with Crippen LogP contribution in [-0.4, -0.2) is 30.9 Å². The quantitative estimate of drug-likeness (QED) is 0.808. The van der Waals surface area contributed by atoms with Crippen LogP contribution >= 0.6 is 0 Å². The van der Waals surface area contributed by atoms with E-state index in [4.69, 9.17) is 5.11 Å². The van der Waals surface area contributed by atoms with Gasteiger partial charge in [-0.25, -0.2) is 4.39 Å². The molecule has 0 aliphatic carbocycles. The van der Waals surface area contributed by atoms with E-state index in [0.717, 1.165) is 16.4 Å². The fourth-order valence-corrected chi connectivity index (χ4v) is 2.19. The van der Waals surface area contributed by atoms with Crippen molar-refractivity contribution < 1.29 is 17.9 Å².